The maximum Gasteiger partial charge on any atom is 0.261 e. The van der Waals surface area contributed by atoms with Gasteiger partial charge in [0.1, 0.15) is 11.5 Å². The molecule has 0 spiro atoms. The van der Waals surface area contributed by atoms with Crippen LogP contribution in [0.2, 0.25) is 0 Å². The van der Waals surface area contributed by atoms with Crippen molar-refractivity contribution in [3.05, 3.63) is 83.4 Å². The molecule has 0 saturated carbocycles. The van der Waals surface area contributed by atoms with Crippen molar-refractivity contribution in [2.24, 2.45) is 0 Å². The van der Waals surface area contributed by atoms with Crippen molar-refractivity contribution in [1.29, 1.82) is 0 Å². The number of rotatable bonds is 9. The van der Waals surface area contributed by atoms with Crippen LogP contribution in [-0.2, 0) is 16.4 Å². The van der Waals surface area contributed by atoms with Gasteiger partial charge in [-0.1, -0.05) is 24.3 Å². The number of anilines is 1. The van der Waals surface area contributed by atoms with E-state index in [-0.39, 0.29) is 10.8 Å². The van der Waals surface area contributed by atoms with Gasteiger partial charge in [-0.3, -0.25) is 9.52 Å². The third kappa shape index (κ3) is 5.59. The summed E-state index contributed by atoms with van der Waals surface area (Å²) >= 11 is 0. The lowest BCUT2D eigenvalue weighted by Crippen LogP contribution is -2.27. The monoisotopic (exact) mass is 454 g/mol. The zero-order valence-electron chi connectivity index (χ0n) is 18.2. The number of hydrogen-bond acceptors (Lipinski definition) is 5. The largest absolute Gasteiger partial charge is 0.497 e. The lowest BCUT2D eigenvalue weighted by molar-refractivity contribution is 0.0953. The summed E-state index contributed by atoms with van der Waals surface area (Å²) in [7, 11) is -0.726. The molecule has 168 valence electrons. The fourth-order valence-electron chi connectivity index (χ4n) is 3.20. The lowest BCUT2D eigenvalue weighted by Gasteiger charge is -2.13. The lowest BCUT2D eigenvalue weighted by atomic mass is 10.1. The molecule has 0 radical (unpaired) electrons. The van der Waals surface area contributed by atoms with Gasteiger partial charge in [0, 0.05) is 17.8 Å². The Morgan fingerprint density at radius 1 is 0.938 bits per heavy atom. The first-order chi connectivity index (χ1) is 15.3. The van der Waals surface area contributed by atoms with E-state index in [1.54, 1.807) is 44.4 Å². The van der Waals surface area contributed by atoms with Crippen LogP contribution < -0.4 is 19.5 Å². The summed E-state index contributed by atoms with van der Waals surface area (Å²) in [4.78, 5) is 12.8. The molecule has 0 saturated heterocycles. The molecule has 0 bridgehead atoms. The summed E-state index contributed by atoms with van der Waals surface area (Å²) < 4.78 is 38.6. The van der Waals surface area contributed by atoms with Crippen LogP contribution in [0.25, 0.3) is 0 Å². The van der Waals surface area contributed by atoms with E-state index in [0.717, 1.165) is 11.3 Å². The van der Waals surface area contributed by atoms with Crippen LogP contribution in [0.5, 0.6) is 11.5 Å². The summed E-state index contributed by atoms with van der Waals surface area (Å²) in [5.41, 5.74) is 2.37. The number of benzene rings is 3. The number of ether oxygens (including phenoxy) is 2. The smallest absolute Gasteiger partial charge is 0.261 e. The molecule has 1 amide bonds. The summed E-state index contributed by atoms with van der Waals surface area (Å²) in [6.45, 7) is 2.15. The predicted octanol–water partition coefficient (Wildman–Crippen LogP) is 3.79. The van der Waals surface area contributed by atoms with Crippen molar-refractivity contribution in [1.82, 2.24) is 5.32 Å². The minimum atomic E-state index is -3.87. The van der Waals surface area contributed by atoms with Gasteiger partial charge < -0.3 is 14.8 Å². The molecule has 32 heavy (non-hydrogen) atoms. The van der Waals surface area contributed by atoms with Crippen molar-refractivity contribution >= 4 is 21.6 Å². The quantitative estimate of drug-likeness (QED) is 0.513. The first-order valence-corrected chi connectivity index (χ1v) is 11.5. The third-order valence-electron chi connectivity index (χ3n) is 4.98. The van der Waals surface area contributed by atoms with Gasteiger partial charge in [-0.2, -0.15) is 0 Å². The highest BCUT2D eigenvalue weighted by Crippen LogP contribution is 2.22. The maximum absolute atomic E-state index is 12.8. The van der Waals surface area contributed by atoms with Gasteiger partial charge >= 0.3 is 0 Å². The van der Waals surface area contributed by atoms with Crippen molar-refractivity contribution in [2.45, 2.75) is 18.2 Å². The SMILES string of the molecule is COc1ccc(NS(=O)(=O)c2ccc(C)c(C(=O)NCCc3ccccc3OC)c2)cc1. The van der Waals surface area contributed by atoms with E-state index in [2.05, 4.69) is 10.0 Å². The Kier molecular flexibility index (Phi) is 7.37. The topological polar surface area (TPSA) is 93.7 Å². The molecule has 8 heteroatoms. The number of methoxy groups -OCH3 is 2. The van der Waals surface area contributed by atoms with Crippen LogP contribution in [0.15, 0.2) is 71.6 Å². The van der Waals surface area contributed by atoms with E-state index in [4.69, 9.17) is 9.47 Å². The Morgan fingerprint density at radius 2 is 1.66 bits per heavy atom. The van der Waals surface area contributed by atoms with E-state index >= 15 is 0 Å². The zero-order valence-corrected chi connectivity index (χ0v) is 19.0. The molecule has 0 unspecified atom stereocenters. The second kappa shape index (κ2) is 10.2. The normalized spacial score (nSPS) is 11.0. The Morgan fingerprint density at radius 3 is 2.34 bits per heavy atom. The average molecular weight is 455 g/mol. The first kappa shape index (κ1) is 23.1. The van der Waals surface area contributed by atoms with Crippen LogP contribution >= 0.6 is 0 Å². The van der Waals surface area contributed by atoms with E-state index in [0.29, 0.717) is 35.5 Å². The van der Waals surface area contributed by atoms with Gasteiger partial charge in [-0.15, -0.1) is 0 Å². The maximum atomic E-state index is 12.8. The Hall–Kier alpha value is -3.52. The third-order valence-corrected chi connectivity index (χ3v) is 6.36. The molecule has 0 aliphatic carbocycles. The molecule has 3 aromatic carbocycles. The zero-order chi connectivity index (χ0) is 23.1. The molecule has 0 aromatic heterocycles. The molecule has 2 N–H and O–H groups in total. The van der Waals surface area contributed by atoms with Gasteiger partial charge in [0.25, 0.3) is 15.9 Å². The summed E-state index contributed by atoms with van der Waals surface area (Å²) in [6.07, 6.45) is 0.589. The number of carbonyl (C=O) groups excluding carboxylic acids is 1. The molecular formula is C24H26N2O5S. The molecule has 0 fully saturated rings. The van der Waals surface area contributed by atoms with Crippen molar-refractivity contribution < 1.29 is 22.7 Å². The molecule has 0 heterocycles. The Labute approximate surface area is 188 Å². The van der Waals surface area contributed by atoms with Crippen molar-refractivity contribution in [2.75, 3.05) is 25.5 Å². The van der Waals surface area contributed by atoms with Gasteiger partial charge in [0.2, 0.25) is 0 Å². The average Bonchev–Trinajstić information content (AvgIpc) is 2.79. The second-order valence-corrected chi connectivity index (χ2v) is 8.81. The molecule has 0 aliphatic rings. The van der Waals surface area contributed by atoms with Crippen molar-refractivity contribution in [3.63, 3.8) is 0 Å². The fraction of sp³-hybridized carbons (Fsp3) is 0.208. The van der Waals surface area contributed by atoms with Crippen LogP contribution in [0.4, 0.5) is 5.69 Å². The predicted molar refractivity (Wildman–Crippen MR) is 124 cm³/mol. The van der Waals surface area contributed by atoms with E-state index in [1.165, 1.54) is 19.2 Å². The summed E-state index contributed by atoms with van der Waals surface area (Å²) in [6, 6.07) is 18.6. The highest BCUT2D eigenvalue weighted by atomic mass is 32.2. The highest BCUT2D eigenvalue weighted by molar-refractivity contribution is 7.92. The number of carbonyl (C=O) groups is 1. The van der Waals surface area contributed by atoms with Gasteiger partial charge in [0.05, 0.1) is 19.1 Å². The minimum absolute atomic E-state index is 0.00815. The number of aryl methyl sites for hydroxylation is 1. The van der Waals surface area contributed by atoms with E-state index < -0.39 is 10.0 Å². The van der Waals surface area contributed by atoms with Crippen molar-refractivity contribution in [3.8, 4) is 11.5 Å². The number of amides is 1. The number of hydrogen-bond donors (Lipinski definition) is 2. The Balaban J connectivity index is 1.71. The van der Waals surface area contributed by atoms with Gasteiger partial charge in [-0.25, -0.2) is 8.42 Å². The minimum Gasteiger partial charge on any atom is -0.497 e. The molecular weight excluding hydrogens is 428 g/mol. The van der Waals surface area contributed by atoms with E-state index in [1.807, 2.05) is 24.3 Å². The standard InChI is InChI=1S/C24H26N2O5S/c1-17-8-13-21(32(28,29)26-19-9-11-20(30-2)12-10-19)16-22(17)24(27)25-15-14-18-6-4-5-7-23(18)31-3/h4-13,16,26H,14-15H2,1-3H3,(H,25,27). The van der Waals surface area contributed by atoms with Crippen LogP contribution in [0.1, 0.15) is 21.5 Å². The fourth-order valence-corrected chi connectivity index (χ4v) is 4.29. The Bertz CT molecular complexity index is 1190. The van der Waals surface area contributed by atoms with Gasteiger partial charge in [0.15, 0.2) is 0 Å². The first-order valence-electron chi connectivity index (χ1n) is 10.0. The number of sulfonamides is 1. The molecule has 3 rings (SSSR count). The van der Waals surface area contributed by atoms with Crippen LogP contribution in [-0.4, -0.2) is 35.1 Å². The van der Waals surface area contributed by atoms with Crippen LogP contribution in [0.3, 0.4) is 0 Å². The number of nitrogens with one attached hydrogen (secondary N) is 2. The van der Waals surface area contributed by atoms with E-state index in [9.17, 15) is 13.2 Å². The molecule has 7 nitrogen and oxygen atoms in total. The molecule has 0 aliphatic heterocycles. The molecule has 0 atom stereocenters. The number of para-hydroxylation sites is 1. The van der Waals surface area contributed by atoms with Gasteiger partial charge in [-0.05, 0) is 66.9 Å². The highest BCUT2D eigenvalue weighted by Gasteiger charge is 2.18. The molecule has 3 aromatic rings. The summed E-state index contributed by atoms with van der Waals surface area (Å²) in [5, 5.41) is 2.86. The summed E-state index contributed by atoms with van der Waals surface area (Å²) in [5.74, 6) is 1.05. The second-order valence-electron chi connectivity index (χ2n) is 7.13. The van der Waals surface area contributed by atoms with Crippen LogP contribution in [0, 0.1) is 6.92 Å².